The number of aryl methyl sites for hydroxylation is 2. The Morgan fingerprint density at radius 3 is 1.94 bits per heavy atom. The summed E-state index contributed by atoms with van der Waals surface area (Å²) in [5.41, 5.74) is 14.6. The van der Waals surface area contributed by atoms with Crippen LogP contribution in [0.3, 0.4) is 0 Å². The van der Waals surface area contributed by atoms with Crippen molar-refractivity contribution in [2.75, 3.05) is 0 Å². The summed E-state index contributed by atoms with van der Waals surface area (Å²) in [5.74, 6) is 1.03. The summed E-state index contributed by atoms with van der Waals surface area (Å²) >= 11 is 0. The fourth-order valence-corrected chi connectivity index (χ4v) is 7.13. The lowest BCUT2D eigenvalue weighted by atomic mass is 9.90. The van der Waals surface area contributed by atoms with Crippen LogP contribution in [0.25, 0.3) is 61.6 Å². The van der Waals surface area contributed by atoms with E-state index < -0.39 is 0 Å². The molecule has 0 radical (unpaired) electrons. The van der Waals surface area contributed by atoms with Gasteiger partial charge < -0.3 is 5.11 Å². The zero-order chi connectivity index (χ0) is 34.2. The predicted molar refractivity (Wildman–Crippen MR) is 206 cm³/mol. The Balaban J connectivity index is 1.37. The molecule has 1 unspecified atom stereocenters. The molecule has 0 saturated heterocycles. The fourth-order valence-electron chi connectivity index (χ4n) is 7.13. The number of para-hydroxylation sites is 3. The van der Waals surface area contributed by atoms with Crippen LogP contribution in [-0.4, -0.2) is 19.6 Å². The SMILES string of the molecule is Cc1cccc(C)c1-c1cc(-c2cccc(C(C)c3ccccc3)n2)cc(-c2cccc3c2nc(-c2ccccc2O)n3-c2ccccc2)c1. The van der Waals surface area contributed by atoms with Crippen LogP contribution in [-0.2, 0) is 0 Å². The maximum atomic E-state index is 11.0. The van der Waals surface area contributed by atoms with Crippen molar-refractivity contribution in [3.05, 3.63) is 180 Å². The maximum absolute atomic E-state index is 11.0. The first-order chi connectivity index (χ1) is 24.5. The summed E-state index contributed by atoms with van der Waals surface area (Å²) in [5, 5.41) is 11.0. The molecule has 0 amide bonds. The smallest absolute Gasteiger partial charge is 0.149 e. The van der Waals surface area contributed by atoms with Crippen molar-refractivity contribution in [2.24, 2.45) is 0 Å². The van der Waals surface area contributed by atoms with E-state index in [2.05, 4.69) is 141 Å². The van der Waals surface area contributed by atoms with Crippen molar-refractivity contribution in [3.63, 3.8) is 0 Å². The number of phenols is 1. The van der Waals surface area contributed by atoms with Crippen LogP contribution < -0.4 is 0 Å². The molecule has 8 rings (SSSR count). The summed E-state index contributed by atoms with van der Waals surface area (Å²) in [6.45, 7) is 6.57. The van der Waals surface area contributed by atoms with E-state index in [1.807, 2.05) is 36.4 Å². The number of pyridine rings is 1. The molecule has 0 spiro atoms. The fraction of sp³-hybridized carbons (Fsp3) is 0.0870. The van der Waals surface area contributed by atoms with Crippen LogP contribution in [0.1, 0.15) is 35.2 Å². The number of fused-ring (bicyclic) bond motifs is 1. The molecule has 0 aliphatic carbocycles. The lowest BCUT2D eigenvalue weighted by molar-refractivity contribution is 0.477. The second-order valence-electron chi connectivity index (χ2n) is 12.9. The number of imidazole rings is 1. The van der Waals surface area contributed by atoms with E-state index in [4.69, 9.17) is 9.97 Å². The van der Waals surface area contributed by atoms with Crippen molar-refractivity contribution >= 4 is 11.0 Å². The molecule has 8 aromatic rings. The molecule has 6 aromatic carbocycles. The van der Waals surface area contributed by atoms with E-state index in [1.165, 1.54) is 22.3 Å². The van der Waals surface area contributed by atoms with E-state index in [0.29, 0.717) is 11.4 Å². The lowest BCUT2D eigenvalue weighted by Gasteiger charge is -2.16. The van der Waals surface area contributed by atoms with E-state index in [-0.39, 0.29) is 11.7 Å². The summed E-state index contributed by atoms with van der Waals surface area (Å²) in [6.07, 6.45) is 0. The molecule has 0 saturated carbocycles. The highest BCUT2D eigenvalue weighted by Crippen LogP contribution is 2.40. The van der Waals surface area contributed by atoms with Gasteiger partial charge in [0, 0.05) is 28.4 Å². The number of phenolic OH excluding ortho intramolecular Hbond substituents is 1. The Morgan fingerprint density at radius 2 is 1.18 bits per heavy atom. The van der Waals surface area contributed by atoms with Gasteiger partial charge in [-0.3, -0.25) is 9.55 Å². The van der Waals surface area contributed by atoms with Gasteiger partial charge in [0.1, 0.15) is 11.6 Å². The van der Waals surface area contributed by atoms with Gasteiger partial charge in [0.2, 0.25) is 0 Å². The second-order valence-corrected chi connectivity index (χ2v) is 12.9. The van der Waals surface area contributed by atoms with Crippen molar-refractivity contribution < 1.29 is 5.11 Å². The molecule has 0 bridgehead atoms. The first-order valence-corrected chi connectivity index (χ1v) is 17.1. The number of hydrogen-bond donors (Lipinski definition) is 1. The van der Waals surface area contributed by atoms with Gasteiger partial charge in [-0.05, 0) is 108 Å². The average Bonchev–Trinajstić information content (AvgIpc) is 3.55. The van der Waals surface area contributed by atoms with Crippen LogP contribution in [0, 0.1) is 13.8 Å². The van der Waals surface area contributed by atoms with Gasteiger partial charge in [0.25, 0.3) is 0 Å². The molecule has 0 fully saturated rings. The van der Waals surface area contributed by atoms with E-state index >= 15 is 0 Å². The Labute approximate surface area is 293 Å². The number of benzene rings is 6. The van der Waals surface area contributed by atoms with Gasteiger partial charge in [-0.15, -0.1) is 0 Å². The summed E-state index contributed by atoms with van der Waals surface area (Å²) in [6, 6.07) is 54.1. The number of aromatic nitrogens is 3. The Bertz CT molecular complexity index is 2460. The number of aromatic hydroxyl groups is 1. The van der Waals surface area contributed by atoms with Crippen LogP contribution in [0.15, 0.2) is 158 Å². The van der Waals surface area contributed by atoms with Crippen LogP contribution >= 0.6 is 0 Å². The topological polar surface area (TPSA) is 50.9 Å². The summed E-state index contributed by atoms with van der Waals surface area (Å²) < 4.78 is 2.14. The van der Waals surface area contributed by atoms with Gasteiger partial charge in [-0.2, -0.15) is 0 Å². The minimum absolute atomic E-state index is 0.154. The van der Waals surface area contributed by atoms with Crippen molar-refractivity contribution in [3.8, 4) is 56.3 Å². The molecule has 0 aliphatic heterocycles. The molecule has 2 heterocycles. The molecular formula is C46H37N3O. The predicted octanol–water partition coefficient (Wildman–Crippen LogP) is 11.6. The summed E-state index contributed by atoms with van der Waals surface area (Å²) in [7, 11) is 0. The quantitative estimate of drug-likeness (QED) is 0.187. The Morgan fingerprint density at radius 1 is 0.560 bits per heavy atom. The normalized spacial score (nSPS) is 11.9. The minimum Gasteiger partial charge on any atom is -0.507 e. The second kappa shape index (κ2) is 13.0. The first-order valence-electron chi connectivity index (χ1n) is 17.1. The zero-order valence-corrected chi connectivity index (χ0v) is 28.4. The van der Waals surface area contributed by atoms with Crippen LogP contribution in [0.4, 0.5) is 0 Å². The van der Waals surface area contributed by atoms with Gasteiger partial charge in [0.15, 0.2) is 0 Å². The number of nitrogens with zero attached hydrogens (tertiary/aromatic N) is 3. The molecule has 2 aromatic heterocycles. The van der Waals surface area contributed by atoms with E-state index in [9.17, 15) is 5.11 Å². The number of rotatable bonds is 7. The third kappa shape index (κ3) is 5.65. The molecule has 50 heavy (non-hydrogen) atoms. The minimum atomic E-state index is 0.154. The van der Waals surface area contributed by atoms with Crippen LogP contribution in [0.5, 0.6) is 5.75 Å². The average molecular weight is 648 g/mol. The standard InChI is InChI=1S/C46H37N3O/c1-30-15-12-16-31(2)44(30)36-28-34(27-35(29-36)41-24-14-23-40(47-41)32(3)33-17-6-4-7-18-33)38-22-13-25-42-45(38)48-46(39-21-10-11-26-43(39)50)49(42)37-19-8-5-9-20-37/h4-29,32,50H,1-3H3. The third-order valence-electron chi connectivity index (χ3n) is 9.67. The zero-order valence-electron chi connectivity index (χ0n) is 28.4. The molecule has 4 nitrogen and oxygen atoms in total. The Kier molecular flexibility index (Phi) is 8.06. The largest absolute Gasteiger partial charge is 0.507 e. The highest BCUT2D eigenvalue weighted by molar-refractivity contribution is 5.97. The highest BCUT2D eigenvalue weighted by atomic mass is 16.3. The van der Waals surface area contributed by atoms with Gasteiger partial charge in [0.05, 0.1) is 22.3 Å². The first kappa shape index (κ1) is 31.0. The Hall–Kier alpha value is -6.26. The highest BCUT2D eigenvalue weighted by Gasteiger charge is 2.21. The van der Waals surface area contributed by atoms with Crippen molar-refractivity contribution in [1.29, 1.82) is 0 Å². The van der Waals surface area contributed by atoms with Gasteiger partial charge in [-0.25, -0.2) is 4.98 Å². The van der Waals surface area contributed by atoms with Gasteiger partial charge in [-0.1, -0.05) is 104 Å². The molecule has 1 atom stereocenters. The molecule has 0 aliphatic rings. The monoisotopic (exact) mass is 647 g/mol. The van der Waals surface area contributed by atoms with Crippen LogP contribution in [0.2, 0.25) is 0 Å². The van der Waals surface area contributed by atoms with Crippen molar-refractivity contribution in [1.82, 2.24) is 14.5 Å². The molecule has 4 heteroatoms. The molecular weight excluding hydrogens is 611 g/mol. The third-order valence-corrected chi connectivity index (χ3v) is 9.67. The lowest BCUT2D eigenvalue weighted by Crippen LogP contribution is -2.00. The molecule has 1 N–H and O–H groups in total. The molecule has 242 valence electrons. The number of hydrogen-bond acceptors (Lipinski definition) is 3. The van der Waals surface area contributed by atoms with Crippen molar-refractivity contribution in [2.45, 2.75) is 26.7 Å². The van der Waals surface area contributed by atoms with E-state index in [1.54, 1.807) is 6.07 Å². The van der Waals surface area contributed by atoms with Gasteiger partial charge >= 0.3 is 0 Å². The summed E-state index contributed by atoms with van der Waals surface area (Å²) in [4.78, 5) is 10.6. The maximum Gasteiger partial charge on any atom is 0.149 e. The van der Waals surface area contributed by atoms with E-state index in [0.717, 1.165) is 50.4 Å².